The maximum absolute atomic E-state index is 14.0. The second-order valence-electron chi connectivity index (χ2n) is 9.08. The molecule has 2 unspecified atom stereocenters. The summed E-state index contributed by atoms with van der Waals surface area (Å²) in [6, 6.07) is 0. The average Bonchev–Trinajstić information content (AvgIpc) is 2.78. The van der Waals surface area contributed by atoms with Crippen molar-refractivity contribution < 1.29 is 17.9 Å². The first-order chi connectivity index (χ1) is 14.2. The van der Waals surface area contributed by atoms with Gasteiger partial charge in [-0.25, -0.2) is 0 Å². The van der Waals surface area contributed by atoms with Crippen LogP contribution >= 0.6 is 14.7 Å². The Labute approximate surface area is 189 Å². The van der Waals surface area contributed by atoms with Crippen LogP contribution in [-0.2, 0) is 17.9 Å². The van der Waals surface area contributed by atoms with E-state index >= 15 is 0 Å². The van der Waals surface area contributed by atoms with Crippen molar-refractivity contribution in [2.24, 2.45) is 11.8 Å². The van der Waals surface area contributed by atoms with E-state index in [0.29, 0.717) is 25.0 Å². The average molecular weight is 469 g/mol. The van der Waals surface area contributed by atoms with Crippen LogP contribution in [-0.4, -0.2) is 37.9 Å². The van der Waals surface area contributed by atoms with Crippen LogP contribution < -0.4 is 0 Å². The Hall–Kier alpha value is 0.540. The van der Waals surface area contributed by atoms with E-state index in [1.165, 1.54) is 25.7 Å². The van der Waals surface area contributed by atoms with Crippen LogP contribution in [0.15, 0.2) is 0 Å². The fourth-order valence-electron chi connectivity index (χ4n) is 4.13. The van der Waals surface area contributed by atoms with E-state index in [1.807, 2.05) is 0 Å². The molecule has 0 bridgehead atoms. The minimum atomic E-state index is -3.61. The second-order valence-corrected chi connectivity index (χ2v) is 17.4. The monoisotopic (exact) mass is 468 g/mol. The van der Waals surface area contributed by atoms with Crippen LogP contribution in [0.3, 0.4) is 0 Å². The zero-order valence-corrected chi connectivity index (χ0v) is 23.4. The van der Waals surface area contributed by atoms with Gasteiger partial charge in [-0.3, -0.25) is 0 Å². The number of phosphoric acid groups is 1. The van der Waals surface area contributed by atoms with Gasteiger partial charge in [0.25, 0.3) is 0 Å². The third-order valence-corrected chi connectivity index (χ3v) is 17.5. The quantitative estimate of drug-likeness (QED) is 0.167. The zero-order valence-electron chi connectivity index (χ0n) is 21.6. The van der Waals surface area contributed by atoms with Crippen LogP contribution in [0.25, 0.3) is 0 Å². The van der Waals surface area contributed by atoms with E-state index in [4.69, 9.17) is 13.4 Å². The molecule has 0 fully saturated rings. The van der Waals surface area contributed by atoms with Gasteiger partial charge in [-0.1, -0.05) is 0 Å². The Morgan fingerprint density at radius 2 is 1.03 bits per heavy atom. The predicted octanol–water partition coefficient (Wildman–Crippen LogP) is 9.13. The fraction of sp³-hybridized carbons (Fsp3) is 1.00. The molecule has 0 rings (SSSR count). The zero-order chi connectivity index (χ0) is 23.1. The summed E-state index contributed by atoms with van der Waals surface area (Å²) in [5.74, 6) is 0.815. The molecule has 0 spiro atoms. The van der Waals surface area contributed by atoms with Crippen LogP contribution in [0.2, 0.25) is 0 Å². The van der Waals surface area contributed by atoms with E-state index in [9.17, 15) is 4.57 Å². The summed E-state index contributed by atoms with van der Waals surface area (Å²) in [7, 11) is -3.61. The third kappa shape index (κ3) is 9.58. The Kier molecular flexibility index (Phi) is 15.7. The first kappa shape index (κ1) is 30.5. The molecule has 0 aromatic heterocycles. The van der Waals surface area contributed by atoms with Gasteiger partial charge in [0.15, 0.2) is 0 Å². The fourth-order valence-corrected chi connectivity index (χ4v) is 12.2. The standard InChI is InChI=1S/C24H54O4P2/c1-9-17-19-23(11-3)21-26-29(25,27-22-24(12-4)20-18-10-2)28-30(13-5,14-6,15-7)16-8/h23-24H,9-22H2,1-8H3. The number of rotatable bonds is 20. The summed E-state index contributed by atoms with van der Waals surface area (Å²) in [6.07, 6.45) is 12.7. The van der Waals surface area contributed by atoms with E-state index in [-0.39, 0.29) is 0 Å². The van der Waals surface area contributed by atoms with Crippen molar-refractivity contribution in [3.63, 3.8) is 0 Å². The molecule has 30 heavy (non-hydrogen) atoms. The number of hydrogen-bond acceptors (Lipinski definition) is 4. The molecule has 0 saturated carbocycles. The third-order valence-electron chi connectivity index (χ3n) is 7.55. The molecule has 0 aliphatic carbocycles. The van der Waals surface area contributed by atoms with Gasteiger partial charge < -0.3 is 0 Å². The normalized spacial score (nSPS) is 17.8. The van der Waals surface area contributed by atoms with Gasteiger partial charge in [-0.15, -0.1) is 0 Å². The molecule has 0 N–H and O–H groups in total. The SMILES string of the molecule is CCCCC(CC)COP(=O)(OCC(CC)CCCC)OP(CC)(CC)(CC)CC. The second kappa shape index (κ2) is 15.4. The summed E-state index contributed by atoms with van der Waals surface area (Å²) in [4.78, 5) is 0. The molecule has 0 aliphatic rings. The molecule has 0 amide bonds. The van der Waals surface area contributed by atoms with Gasteiger partial charge in [0, 0.05) is 0 Å². The van der Waals surface area contributed by atoms with Crippen LogP contribution in [0.1, 0.15) is 107 Å². The topological polar surface area (TPSA) is 44.8 Å². The Morgan fingerprint density at radius 1 is 0.667 bits per heavy atom. The summed E-state index contributed by atoms with van der Waals surface area (Å²) in [5.41, 5.74) is 0. The molecule has 6 heteroatoms. The molecular weight excluding hydrogens is 414 g/mol. The van der Waals surface area contributed by atoms with Gasteiger partial charge in [-0.2, -0.15) is 0 Å². The summed E-state index contributed by atoms with van der Waals surface area (Å²) in [6.45, 7) is 15.9. The predicted molar refractivity (Wildman–Crippen MR) is 136 cm³/mol. The minimum absolute atomic E-state index is 0.407. The summed E-state index contributed by atoms with van der Waals surface area (Å²) >= 11 is 0. The maximum atomic E-state index is 14.0. The van der Waals surface area contributed by atoms with Crippen molar-refractivity contribution in [3.05, 3.63) is 0 Å². The molecule has 0 heterocycles. The van der Waals surface area contributed by atoms with Crippen molar-refractivity contribution >= 4 is 14.7 Å². The first-order valence-electron chi connectivity index (χ1n) is 12.9. The molecule has 0 aromatic rings. The van der Waals surface area contributed by atoms with Crippen LogP contribution in [0, 0.1) is 11.8 Å². The van der Waals surface area contributed by atoms with E-state index in [1.54, 1.807) is 0 Å². The molecule has 2 atom stereocenters. The molecule has 4 nitrogen and oxygen atoms in total. The van der Waals surface area contributed by atoms with Gasteiger partial charge in [0.1, 0.15) is 0 Å². The van der Waals surface area contributed by atoms with Crippen molar-refractivity contribution in [3.8, 4) is 0 Å². The van der Waals surface area contributed by atoms with E-state index in [0.717, 1.165) is 50.3 Å². The number of hydrogen-bond donors (Lipinski definition) is 0. The first-order valence-corrected chi connectivity index (χ1v) is 17.2. The summed E-state index contributed by atoms with van der Waals surface area (Å²) < 4.78 is 32.9. The van der Waals surface area contributed by atoms with E-state index in [2.05, 4.69) is 55.4 Å². The van der Waals surface area contributed by atoms with Crippen LogP contribution in [0.4, 0.5) is 0 Å². The van der Waals surface area contributed by atoms with Crippen molar-refractivity contribution in [2.45, 2.75) is 107 Å². The van der Waals surface area contributed by atoms with Crippen molar-refractivity contribution in [2.75, 3.05) is 37.9 Å². The number of phosphoric ester groups is 1. The summed E-state index contributed by atoms with van der Waals surface area (Å²) in [5, 5.41) is 0. The van der Waals surface area contributed by atoms with Crippen LogP contribution in [0.5, 0.6) is 0 Å². The van der Waals surface area contributed by atoms with Gasteiger partial charge >= 0.3 is 189 Å². The van der Waals surface area contributed by atoms with Gasteiger partial charge in [0.2, 0.25) is 0 Å². The van der Waals surface area contributed by atoms with E-state index < -0.39 is 14.7 Å². The molecular formula is C24H54O4P2. The van der Waals surface area contributed by atoms with Crippen molar-refractivity contribution in [1.82, 2.24) is 0 Å². The molecule has 0 radical (unpaired) electrons. The molecule has 184 valence electrons. The molecule has 0 aromatic carbocycles. The number of unbranched alkanes of at least 4 members (excludes halogenated alkanes) is 2. The van der Waals surface area contributed by atoms with Gasteiger partial charge in [-0.05, 0) is 0 Å². The van der Waals surface area contributed by atoms with Gasteiger partial charge in [0.05, 0.1) is 0 Å². The van der Waals surface area contributed by atoms with Crippen molar-refractivity contribution in [1.29, 1.82) is 0 Å². The molecule has 0 aliphatic heterocycles. The Bertz CT molecular complexity index is 432. The Balaban J connectivity index is 5.58. The Morgan fingerprint density at radius 3 is 1.30 bits per heavy atom. The molecule has 0 saturated heterocycles.